The van der Waals surface area contributed by atoms with Crippen LogP contribution in [0.15, 0.2) is 18.2 Å². The molecule has 1 aromatic carbocycles. The Morgan fingerprint density at radius 3 is 3.00 bits per heavy atom. The number of likely N-dealkylation sites (N-methyl/N-ethyl adjacent to an activating group) is 1. The van der Waals surface area contributed by atoms with Crippen LogP contribution in [0.3, 0.4) is 0 Å². The number of hydrogen-bond acceptors (Lipinski definition) is 2. The van der Waals surface area contributed by atoms with Gasteiger partial charge in [0.15, 0.2) is 0 Å². The number of halogens is 1. The van der Waals surface area contributed by atoms with E-state index in [4.69, 9.17) is 16.7 Å². The van der Waals surface area contributed by atoms with Gasteiger partial charge < -0.3 is 10.0 Å². The van der Waals surface area contributed by atoms with Crippen molar-refractivity contribution in [3.8, 4) is 0 Å². The first-order valence-corrected chi connectivity index (χ1v) is 6.26. The Morgan fingerprint density at radius 2 is 2.35 bits per heavy atom. The normalized spacial score (nSPS) is 18.2. The number of carboxylic acid groups (broad SMARTS) is 1. The van der Waals surface area contributed by atoms with Crippen molar-refractivity contribution in [1.82, 2.24) is 0 Å². The van der Waals surface area contributed by atoms with Crippen LogP contribution in [-0.2, 0) is 11.2 Å². The monoisotopic (exact) mass is 253 g/mol. The summed E-state index contributed by atoms with van der Waals surface area (Å²) in [5, 5.41) is 9.50. The molecule has 17 heavy (non-hydrogen) atoms. The molecule has 2 rings (SSSR count). The first kappa shape index (κ1) is 12.2. The van der Waals surface area contributed by atoms with Crippen molar-refractivity contribution in [3.05, 3.63) is 28.8 Å². The smallest absolute Gasteiger partial charge is 0.303 e. The van der Waals surface area contributed by atoms with Gasteiger partial charge in [-0.05, 0) is 43.5 Å². The van der Waals surface area contributed by atoms with Crippen molar-refractivity contribution in [2.75, 3.05) is 11.4 Å². The fourth-order valence-electron chi connectivity index (χ4n) is 2.54. The van der Waals surface area contributed by atoms with Crippen LogP contribution < -0.4 is 4.90 Å². The number of anilines is 1. The van der Waals surface area contributed by atoms with Crippen molar-refractivity contribution in [3.63, 3.8) is 0 Å². The molecule has 0 aromatic heterocycles. The molecule has 1 unspecified atom stereocenters. The van der Waals surface area contributed by atoms with Crippen molar-refractivity contribution >= 4 is 23.3 Å². The lowest BCUT2D eigenvalue weighted by Crippen LogP contribution is -2.32. The lowest BCUT2D eigenvalue weighted by molar-refractivity contribution is -0.137. The van der Waals surface area contributed by atoms with Gasteiger partial charge in [0.2, 0.25) is 0 Å². The maximum Gasteiger partial charge on any atom is 0.303 e. The second-order valence-electron chi connectivity index (χ2n) is 4.35. The lowest BCUT2D eigenvalue weighted by atomic mass is 10.1. The predicted octanol–water partition coefficient (Wildman–Crippen LogP) is 2.96. The highest BCUT2D eigenvalue weighted by Gasteiger charge is 2.28. The zero-order valence-electron chi connectivity index (χ0n) is 9.82. The van der Waals surface area contributed by atoms with Crippen LogP contribution >= 0.6 is 11.6 Å². The van der Waals surface area contributed by atoms with Gasteiger partial charge in [0.1, 0.15) is 0 Å². The van der Waals surface area contributed by atoms with Crippen LogP contribution in [0.5, 0.6) is 0 Å². The fourth-order valence-corrected chi connectivity index (χ4v) is 2.73. The van der Waals surface area contributed by atoms with Gasteiger partial charge in [0, 0.05) is 29.7 Å². The van der Waals surface area contributed by atoms with E-state index in [9.17, 15) is 4.79 Å². The molecule has 1 aliphatic heterocycles. The van der Waals surface area contributed by atoms with Gasteiger partial charge in [0.05, 0.1) is 0 Å². The molecule has 3 nitrogen and oxygen atoms in total. The van der Waals surface area contributed by atoms with E-state index in [1.54, 1.807) is 0 Å². The van der Waals surface area contributed by atoms with Gasteiger partial charge >= 0.3 is 5.97 Å². The number of carbonyl (C=O) groups is 1. The second-order valence-corrected chi connectivity index (χ2v) is 4.79. The van der Waals surface area contributed by atoms with Crippen molar-refractivity contribution in [2.45, 2.75) is 32.2 Å². The van der Waals surface area contributed by atoms with Crippen molar-refractivity contribution in [2.24, 2.45) is 0 Å². The van der Waals surface area contributed by atoms with Crippen molar-refractivity contribution in [1.29, 1.82) is 0 Å². The molecular formula is C13H16ClNO2. The Balaban J connectivity index is 2.16. The number of benzene rings is 1. The van der Waals surface area contributed by atoms with Gasteiger partial charge in [-0.3, -0.25) is 4.79 Å². The number of aliphatic carboxylic acids is 1. The van der Waals surface area contributed by atoms with Gasteiger partial charge in [-0.25, -0.2) is 0 Å². The Morgan fingerprint density at radius 1 is 1.59 bits per heavy atom. The highest BCUT2D eigenvalue weighted by molar-refractivity contribution is 6.30. The first-order valence-electron chi connectivity index (χ1n) is 5.88. The number of carboxylic acids is 1. The maximum absolute atomic E-state index is 10.6. The zero-order chi connectivity index (χ0) is 12.4. The van der Waals surface area contributed by atoms with Gasteiger partial charge in [-0.1, -0.05) is 11.6 Å². The second kappa shape index (κ2) is 4.96. The molecular weight excluding hydrogens is 238 g/mol. The summed E-state index contributed by atoms with van der Waals surface area (Å²) in [4.78, 5) is 12.9. The van der Waals surface area contributed by atoms with Crippen LogP contribution in [0, 0.1) is 0 Å². The largest absolute Gasteiger partial charge is 0.481 e. The van der Waals surface area contributed by atoms with Crippen molar-refractivity contribution < 1.29 is 9.90 Å². The third-order valence-corrected chi connectivity index (χ3v) is 3.51. The molecule has 92 valence electrons. The molecule has 0 aliphatic carbocycles. The molecule has 4 heteroatoms. The number of nitrogens with zero attached hydrogens (tertiary/aromatic N) is 1. The topological polar surface area (TPSA) is 40.5 Å². The highest BCUT2D eigenvalue weighted by Crippen LogP contribution is 2.35. The predicted molar refractivity (Wildman–Crippen MR) is 68.8 cm³/mol. The summed E-state index contributed by atoms with van der Waals surface area (Å²) >= 11 is 5.98. The minimum Gasteiger partial charge on any atom is -0.481 e. The third-order valence-electron chi connectivity index (χ3n) is 3.28. The summed E-state index contributed by atoms with van der Waals surface area (Å²) in [5.41, 5.74) is 2.43. The summed E-state index contributed by atoms with van der Waals surface area (Å²) in [7, 11) is 0. The minimum atomic E-state index is -0.727. The quantitative estimate of drug-likeness (QED) is 0.897. The Bertz CT molecular complexity index is 433. The molecule has 0 bridgehead atoms. The van der Waals surface area contributed by atoms with E-state index in [2.05, 4.69) is 11.8 Å². The van der Waals surface area contributed by atoms with E-state index < -0.39 is 5.97 Å². The van der Waals surface area contributed by atoms with E-state index in [0.717, 1.165) is 18.0 Å². The van der Waals surface area contributed by atoms with E-state index >= 15 is 0 Å². The number of rotatable bonds is 4. The minimum absolute atomic E-state index is 0.225. The molecule has 0 radical (unpaired) electrons. The van der Waals surface area contributed by atoms with Crippen LogP contribution in [0.4, 0.5) is 5.69 Å². The van der Waals surface area contributed by atoms with Gasteiger partial charge in [-0.15, -0.1) is 0 Å². The molecule has 1 aliphatic rings. The molecule has 1 N–H and O–H groups in total. The fraction of sp³-hybridized carbons (Fsp3) is 0.462. The average Bonchev–Trinajstić information content (AvgIpc) is 2.62. The molecule has 0 saturated heterocycles. The van der Waals surface area contributed by atoms with Gasteiger partial charge in [0.25, 0.3) is 0 Å². The first-order chi connectivity index (χ1) is 8.11. The summed E-state index contributed by atoms with van der Waals surface area (Å²) in [5.74, 6) is -0.727. The van der Waals surface area contributed by atoms with Crippen LogP contribution in [-0.4, -0.2) is 23.7 Å². The Hall–Kier alpha value is -1.22. The van der Waals surface area contributed by atoms with Crippen LogP contribution in [0.2, 0.25) is 5.02 Å². The summed E-state index contributed by atoms with van der Waals surface area (Å²) < 4.78 is 0. The SMILES string of the molecule is CCN1c2ccc(Cl)cc2CC1CCC(=O)O. The molecule has 0 spiro atoms. The third kappa shape index (κ3) is 2.55. The highest BCUT2D eigenvalue weighted by atomic mass is 35.5. The molecule has 1 atom stereocenters. The molecule has 1 aromatic rings. The summed E-state index contributed by atoms with van der Waals surface area (Å²) in [6.45, 7) is 3.00. The molecule has 0 amide bonds. The molecule has 0 saturated carbocycles. The average molecular weight is 254 g/mol. The summed E-state index contributed by atoms with van der Waals surface area (Å²) in [6.07, 6.45) is 1.81. The van der Waals surface area contributed by atoms with Crippen LogP contribution in [0.1, 0.15) is 25.3 Å². The lowest BCUT2D eigenvalue weighted by Gasteiger charge is -2.25. The maximum atomic E-state index is 10.6. The standard InChI is InChI=1S/C13H16ClNO2/c1-2-15-11(4-6-13(16)17)8-9-7-10(14)3-5-12(9)15/h3,5,7,11H,2,4,6,8H2,1H3,(H,16,17). The van der Waals surface area contributed by atoms with E-state index in [1.165, 1.54) is 11.3 Å². The Kier molecular flexibility index (Phi) is 3.57. The number of fused-ring (bicyclic) bond motifs is 1. The molecule has 0 fully saturated rings. The van der Waals surface area contributed by atoms with E-state index in [0.29, 0.717) is 12.5 Å². The zero-order valence-corrected chi connectivity index (χ0v) is 10.6. The van der Waals surface area contributed by atoms with E-state index in [-0.39, 0.29) is 6.42 Å². The van der Waals surface area contributed by atoms with Crippen LogP contribution in [0.25, 0.3) is 0 Å². The summed E-state index contributed by atoms with van der Waals surface area (Å²) in [6, 6.07) is 6.20. The van der Waals surface area contributed by atoms with E-state index in [1.807, 2.05) is 18.2 Å². The number of hydrogen-bond donors (Lipinski definition) is 1. The molecule has 1 heterocycles. The van der Waals surface area contributed by atoms with Gasteiger partial charge in [-0.2, -0.15) is 0 Å². The Labute approximate surface area is 106 Å².